The number of hydrogen-bond donors (Lipinski definition) is 1. The molecule has 0 atom stereocenters. The van der Waals surface area contributed by atoms with Crippen molar-refractivity contribution in [1.82, 2.24) is 29.8 Å². The van der Waals surface area contributed by atoms with Crippen molar-refractivity contribution >= 4 is 17.5 Å². The van der Waals surface area contributed by atoms with E-state index in [9.17, 15) is 9.90 Å². The summed E-state index contributed by atoms with van der Waals surface area (Å²) in [6.07, 6.45) is 0. The molecule has 108 valence electrons. The van der Waals surface area contributed by atoms with Crippen LogP contribution in [0.2, 0.25) is 0 Å². The Kier molecular flexibility index (Phi) is 3.80. The highest BCUT2D eigenvalue weighted by Gasteiger charge is 2.30. The molecule has 0 amide bonds. The zero-order chi connectivity index (χ0) is 14.9. The molecule has 0 bridgehead atoms. The number of carboxylic acids is 1. The molecule has 0 aromatic carbocycles. The molecule has 9 heteroatoms. The van der Waals surface area contributed by atoms with Gasteiger partial charge in [0.05, 0.1) is 17.7 Å². The van der Waals surface area contributed by atoms with Crippen LogP contribution in [0.15, 0.2) is 0 Å². The Morgan fingerprint density at radius 3 is 2.70 bits per heavy atom. The van der Waals surface area contributed by atoms with Crippen molar-refractivity contribution < 1.29 is 9.90 Å². The first kappa shape index (κ1) is 14.5. The van der Waals surface area contributed by atoms with Crippen molar-refractivity contribution in [2.45, 2.75) is 40.2 Å². The molecule has 0 saturated carbocycles. The van der Waals surface area contributed by atoms with Crippen LogP contribution >= 0.6 is 11.5 Å². The van der Waals surface area contributed by atoms with Crippen molar-refractivity contribution in [3.05, 3.63) is 5.69 Å². The Hall–Kier alpha value is -1.90. The minimum atomic E-state index is -0.958. The molecule has 0 saturated heterocycles. The molecule has 0 radical (unpaired) electrons. The fourth-order valence-corrected chi connectivity index (χ4v) is 2.45. The van der Waals surface area contributed by atoms with Gasteiger partial charge in [0.1, 0.15) is 4.88 Å². The van der Waals surface area contributed by atoms with Crippen molar-refractivity contribution in [2.24, 2.45) is 5.41 Å². The fraction of sp³-hybridized carbons (Fsp3) is 0.636. The molecule has 0 fully saturated rings. The molecule has 8 nitrogen and oxygen atoms in total. The van der Waals surface area contributed by atoms with E-state index in [0.29, 0.717) is 5.82 Å². The predicted molar refractivity (Wildman–Crippen MR) is 72.2 cm³/mol. The first-order valence-corrected chi connectivity index (χ1v) is 6.92. The van der Waals surface area contributed by atoms with Gasteiger partial charge in [-0.05, 0) is 41.7 Å². The summed E-state index contributed by atoms with van der Waals surface area (Å²) in [5.74, 6) is -0.190. The van der Waals surface area contributed by atoms with Crippen LogP contribution in [-0.4, -0.2) is 40.9 Å². The molecule has 0 aliphatic heterocycles. The van der Waals surface area contributed by atoms with Gasteiger partial charge in [0.2, 0.25) is 0 Å². The highest BCUT2D eigenvalue weighted by molar-refractivity contribution is 7.09. The lowest BCUT2D eigenvalue weighted by Crippen LogP contribution is -2.30. The van der Waals surface area contributed by atoms with E-state index in [-0.39, 0.29) is 12.5 Å². The van der Waals surface area contributed by atoms with Gasteiger partial charge in [-0.3, -0.25) is 4.79 Å². The summed E-state index contributed by atoms with van der Waals surface area (Å²) < 4.78 is 5.43. The van der Waals surface area contributed by atoms with Crippen molar-refractivity contribution in [3.63, 3.8) is 0 Å². The Bertz CT molecular complexity index is 618. The van der Waals surface area contributed by atoms with E-state index >= 15 is 0 Å². The Labute approximate surface area is 120 Å². The first-order valence-electron chi connectivity index (χ1n) is 6.15. The molecule has 2 aromatic heterocycles. The third-order valence-electron chi connectivity index (χ3n) is 2.92. The highest BCUT2D eigenvalue weighted by Crippen LogP contribution is 2.30. The smallest absolute Gasteiger partial charge is 0.310 e. The molecule has 0 spiro atoms. The summed E-state index contributed by atoms with van der Waals surface area (Å²) in [6, 6.07) is 0. The zero-order valence-corrected chi connectivity index (χ0v) is 12.5. The summed E-state index contributed by atoms with van der Waals surface area (Å²) in [7, 11) is 0. The Morgan fingerprint density at radius 2 is 2.10 bits per heavy atom. The summed E-state index contributed by atoms with van der Waals surface area (Å²) in [6.45, 7) is 7.47. The van der Waals surface area contributed by atoms with Crippen LogP contribution < -0.4 is 0 Å². The van der Waals surface area contributed by atoms with Crippen LogP contribution in [0.25, 0.3) is 10.7 Å². The number of tetrazole rings is 1. The van der Waals surface area contributed by atoms with Gasteiger partial charge >= 0.3 is 5.97 Å². The topological polar surface area (TPSA) is 107 Å². The van der Waals surface area contributed by atoms with Crippen molar-refractivity contribution in [3.8, 4) is 10.7 Å². The predicted octanol–water partition coefficient (Wildman–Crippen LogP) is 1.43. The van der Waals surface area contributed by atoms with Gasteiger partial charge < -0.3 is 5.11 Å². The molecule has 0 aliphatic carbocycles. The van der Waals surface area contributed by atoms with Gasteiger partial charge in [0, 0.05) is 0 Å². The van der Waals surface area contributed by atoms with E-state index in [1.165, 1.54) is 16.2 Å². The lowest BCUT2D eigenvalue weighted by atomic mass is 9.94. The number of aliphatic carboxylic acids is 1. The lowest BCUT2D eigenvalue weighted by Gasteiger charge is -2.18. The lowest BCUT2D eigenvalue weighted by molar-refractivity contribution is -0.147. The minimum Gasteiger partial charge on any atom is -0.481 e. The number of rotatable bonds is 5. The van der Waals surface area contributed by atoms with Crippen molar-refractivity contribution in [2.75, 3.05) is 0 Å². The number of carbonyl (C=O) groups is 1. The van der Waals surface area contributed by atoms with E-state index in [2.05, 4.69) is 25.1 Å². The molecule has 20 heavy (non-hydrogen) atoms. The van der Waals surface area contributed by atoms with Gasteiger partial charge in [-0.1, -0.05) is 18.3 Å². The number of aromatic nitrogens is 6. The third kappa shape index (κ3) is 2.67. The van der Waals surface area contributed by atoms with Gasteiger partial charge in [-0.25, -0.2) is 4.68 Å². The van der Waals surface area contributed by atoms with Crippen molar-refractivity contribution in [1.29, 1.82) is 0 Å². The number of carboxylic acid groups (broad SMARTS) is 1. The average Bonchev–Trinajstić information content (AvgIpc) is 2.95. The molecule has 2 heterocycles. The van der Waals surface area contributed by atoms with Crippen LogP contribution in [0, 0.1) is 5.41 Å². The molecule has 2 rings (SSSR count). The summed E-state index contributed by atoms with van der Waals surface area (Å²) >= 11 is 1.21. The normalized spacial score (nSPS) is 12.1. The van der Waals surface area contributed by atoms with Gasteiger partial charge in [-0.15, -0.1) is 10.2 Å². The second-order valence-corrected chi connectivity index (χ2v) is 6.25. The molecule has 0 unspecified atom stereocenters. The maximum Gasteiger partial charge on any atom is 0.310 e. The van der Waals surface area contributed by atoms with Gasteiger partial charge in [0.25, 0.3) is 0 Å². The average molecular weight is 296 g/mol. The maximum absolute atomic E-state index is 11.2. The van der Waals surface area contributed by atoms with Crippen LogP contribution in [0.4, 0.5) is 0 Å². The standard InChI is InChI=1S/C11H16N6O2S/c1-6(2)7-8(20-16-12-7)9-13-14-15-17(9)5-11(3,4)10(18)19/h6H,5H2,1-4H3,(H,18,19). The fourth-order valence-electron chi connectivity index (χ4n) is 1.65. The first-order chi connectivity index (χ1) is 9.33. The summed E-state index contributed by atoms with van der Waals surface area (Å²) in [4.78, 5) is 12.0. The van der Waals surface area contributed by atoms with E-state index in [0.717, 1.165) is 10.6 Å². The largest absolute Gasteiger partial charge is 0.481 e. The van der Waals surface area contributed by atoms with Gasteiger partial charge in [0.15, 0.2) is 5.82 Å². The minimum absolute atomic E-state index is 0.181. The second-order valence-electron chi connectivity index (χ2n) is 5.49. The molecular formula is C11H16N6O2S. The van der Waals surface area contributed by atoms with Crippen LogP contribution in [0.3, 0.4) is 0 Å². The SMILES string of the molecule is CC(C)c1nnsc1-c1nnnn1CC(C)(C)C(=O)O. The number of hydrogen-bond acceptors (Lipinski definition) is 7. The molecule has 0 aliphatic rings. The Balaban J connectivity index is 2.39. The van der Waals surface area contributed by atoms with E-state index in [1.54, 1.807) is 13.8 Å². The van der Waals surface area contributed by atoms with E-state index < -0.39 is 11.4 Å². The number of nitrogens with zero attached hydrogens (tertiary/aromatic N) is 6. The third-order valence-corrected chi connectivity index (χ3v) is 3.66. The molecule has 1 N–H and O–H groups in total. The second kappa shape index (κ2) is 5.23. The zero-order valence-electron chi connectivity index (χ0n) is 11.7. The molecule has 2 aromatic rings. The van der Waals surface area contributed by atoms with Crippen LogP contribution in [-0.2, 0) is 11.3 Å². The Morgan fingerprint density at radius 1 is 1.40 bits per heavy atom. The summed E-state index contributed by atoms with van der Waals surface area (Å²) in [5, 5.41) is 24.8. The van der Waals surface area contributed by atoms with Gasteiger partial charge in [-0.2, -0.15) is 0 Å². The van der Waals surface area contributed by atoms with Crippen LogP contribution in [0.1, 0.15) is 39.3 Å². The van der Waals surface area contributed by atoms with E-state index in [4.69, 9.17) is 0 Å². The monoisotopic (exact) mass is 296 g/mol. The van der Waals surface area contributed by atoms with Crippen LogP contribution in [0.5, 0.6) is 0 Å². The quantitative estimate of drug-likeness (QED) is 0.889. The molecular weight excluding hydrogens is 280 g/mol. The van der Waals surface area contributed by atoms with E-state index in [1.807, 2.05) is 13.8 Å². The maximum atomic E-state index is 11.2. The summed E-state index contributed by atoms with van der Waals surface area (Å²) in [5.41, 5.74) is -0.139. The highest BCUT2D eigenvalue weighted by atomic mass is 32.1.